The van der Waals surface area contributed by atoms with Crippen molar-refractivity contribution < 1.29 is 0 Å². The molecule has 0 aliphatic heterocycles. The molecule has 0 heterocycles. The summed E-state index contributed by atoms with van der Waals surface area (Å²) in [5.41, 5.74) is 3.45. The third-order valence-corrected chi connectivity index (χ3v) is 3.53. The Balaban J connectivity index is 2.02. The van der Waals surface area contributed by atoms with E-state index in [1.807, 2.05) is 5.57 Å². The lowest BCUT2D eigenvalue weighted by Gasteiger charge is -2.04. The molecule has 0 aromatic carbocycles. The van der Waals surface area contributed by atoms with E-state index < -0.39 is 0 Å². The number of hydrogen-bond acceptors (Lipinski definition) is 0. The van der Waals surface area contributed by atoms with Gasteiger partial charge in [-0.2, -0.15) is 0 Å². The minimum absolute atomic E-state index is 1.02. The molecule has 0 nitrogen and oxygen atoms in total. The molecule has 0 radical (unpaired) electrons. The van der Waals surface area contributed by atoms with Gasteiger partial charge in [0.05, 0.1) is 0 Å². The minimum Gasteiger partial charge on any atom is -0.0766 e. The zero-order chi connectivity index (χ0) is 8.55. The van der Waals surface area contributed by atoms with Crippen LogP contribution in [-0.4, -0.2) is 0 Å². The molecule has 0 saturated heterocycles. The molecule has 2 fully saturated rings. The number of rotatable bonds is 0. The van der Waals surface area contributed by atoms with E-state index in [1.54, 1.807) is 5.57 Å². The maximum absolute atomic E-state index is 2.29. The standard InChI is InChI=1S/C12H20/c1-9(2)12-10-7-5-3-4-6-8-11(10)12/h10-11H,3-8H2,1-2H3. The molecule has 68 valence electrons. The molecular weight excluding hydrogens is 144 g/mol. The van der Waals surface area contributed by atoms with Gasteiger partial charge >= 0.3 is 0 Å². The van der Waals surface area contributed by atoms with Crippen molar-refractivity contribution in [1.29, 1.82) is 0 Å². The van der Waals surface area contributed by atoms with Crippen molar-refractivity contribution >= 4 is 0 Å². The lowest BCUT2D eigenvalue weighted by atomic mass is 10.0. The molecule has 0 bridgehead atoms. The van der Waals surface area contributed by atoms with E-state index in [-0.39, 0.29) is 0 Å². The fourth-order valence-corrected chi connectivity index (χ4v) is 2.92. The van der Waals surface area contributed by atoms with Crippen molar-refractivity contribution in [1.82, 2.24) is 0 Å². The molecular formula is C12H20. The summed E-state index contributed by atoms with van der Waals surface area (Å²) in [5, 5.41) is 0. The first-order valence-corrected chi connectivity index (χ1v) is 5.48. The summed E-state index contributed by atoms with van der Waals surface area (Å²) in [6.07, 6.45) is 8.92. The molecule has 2 aliphatic carbocycles. The maximum atomic E-state index is 2.29. The van der Waals surface area contributed by atoms with Crippen molar-refractivity contribution in [3.8, 4) is 0 Å². The summed E-state index contributed by atoms with van der Waals surface area (Å²) in [6.45, 7) is 4.58. The zero-order valence-electron chi connectivity index (χ0n) is 8.40. The van der Waals surface area contributed by atoms with Crippen molar-refractivity contribution in [2.24, 2.45) is 11.8 Å². The van der Waals surface area contributed by atoms with E-state index in [0.29, 0.717) is 0 Å². The highest BCUT2D eigenvalue weighted by Crippen LogP contribution is 2.54. The Hall–Kier alpha value is -0.260. The van der Waals surface area contributed by atoms with Crippen LogP contribution in [0.25, 0.3) is 0 Å². The van der Waals surface area contributed by atoms with Crippen molar-refractivity contribution in [3.63, 3.8) is 0 Å². The molecule has 0 aromatic rings. The van der Waals surface area contributed by atoms with Crippen LogP contribution in [0.3, 0.4) is 0 Å². The summed E-state index contributed by atoms with van der Waals surface area (Å²) in [6, 6.07) is 0. The lowest BCUT2D eigenvalue weighted by Crippen LogP contribution is -1.90. The monoisotopic (exact) mass is 164 g/mol. The highest BCUT2D eigenvalue weighted by Gasteiger charge is 2.43. The lowest BCUT2D eigenvalue weighted by molar-refractivity contribution is 0.485. The SMILES string of the molecule is CC(C)=C1C2CCCCCCC12. The first kappa shape index (κ1) is 8.34. The van der Waals surface area contributed by atoms with Crippen LogP contribution in [0.1, 0.15) is 52.4 Å². The molecule has 0 aromatic heterocycles. The Morgan fingerprint density at radius 3 is 1.83 bits per heavy atom. The van der Waals surface area contributed by atoms with Gasteiger partial charge in [-0.1, -0.05) is 36.8 Å². The fraction of sp³-hybridized carbons (Fsp3) is 0.833. The van der Waals surface area contributed by atoms with E-state index in [9.17, 15) is 0 Å². The third-order valence-electron chi connectivity index (χ3n) is 3.53. The first-order chi connectivity index (χ1) is 5.80. The summed E-state index contributed by atoms with van der Waals surface area (Å²) in [7, 11) is 0. The smallest absolute Gasteiger partial charge is 0.0132 e. The fourth-order valence-electron chi connectivity index (χ4n) is 2.92. The second-order valence-corrected chi connectivity index (χ2v) is 4.66. The van der Waals surface area contributed by atoms with Gasteiger partial charge in [0.2, 0.25) is 0 Å². The molecule has 2 saturated carbocycles. The van der Waals surface area contributed by atoms with E-state index in [1.165, 1.54) is 38.5 Å². The number of allylic oxidation sites excluding steroid dienone is 2. The zero-order valence-corrected chi connectivity index (χ0v) is 8.40. The third kappa shape index (κ3) is 1.44. The van der Waals surface area contributed by atoms with Crippen molar-refractivity contribution in [2.75, 3.05) is 0 Å². The van der Waals surface area contributed by atoms with Crippen molar-refractivity contribution in [3.05, 3.63) is 11.1 Å². The Morgan fingerprint density at radius 2 is 1.42 bits per heavy atom. The van der Waals surface area contributed by atoms with Crippen molar-refractivity contribution in [2.45, 2.75) is 52.4 Å². The average molecular weight is 164 g/mol. The highest BCUT2D eigenvalue weighted by molar-refractivity contribution is 5.33. The van der Waals surface area contributed by atoms with Crippen LogP contribution in [0.5, 0.6) is 0 Å². The first-order valence-electron chi connectivity index (χ1n) is 5.48. The van der Waals surface area contributed by atoms with Gasteiger partial charge in [0, 0.05) is 0 Å². The van der Waals surface area contributed by atoms with Crippen LogP contribution in [-0.2, 0) is 0 Å². The van der Waals surface area contributed by atoms with Crippen LogP contribution in [0.2, 0.25) is 0 Å². The normalized spacial score (nSPS) is 35.0. The summed E-state index contributed by atoms with van der Waals surface area (Å²) >= 11 is 0. The molecule has 2 atom stereocenters. The Labute approximate surface area is 76.1 Å². The summed E-state index contributed by atoms with van der Waals surface area (Å²) < 4.78 is 0. The molecule has 2 rings (SSSR count). The molecule has 12 heavy (non-hydrogen) atoms. The molecule has 0 N–H and O–H groups in total. The van der Waals surface area contributed by atoms with E-state index in [2.05, 4.69) is 13.8 Å². The number of hydrogen-bond donors (Lipinski definition) is 0. The van der Waals surface area contributed by atoms with E-state index >= 15 is 0 Å². The van der Waals surface area contributed by atoms with Gasteiger partial charge in [-0.3, -0.25) is 0 Å². The molecule has 2 aliphatic rings. The summed E-state index contributed by atoms with van der Waals surface area (Å²) in [4.78, 5) is 0. The van der Waals surface area contributed by atoms with Gasteiger partial charge in [0.25, 0.3) is 0 Å². The van der Waals surface area contributed by atoms with Crippen LogP contribution in [0.15, 0.2) is 11.1 Å². The van der Waals surface area contributed by atoms with Gasteiger partial charge in [0.1, 0.15) is 0 Å². The predicted molar refractivity (Wildman–Crippen MR) is 53.1 cm³/mol. The highest BCUT2D eigenvalue weighted by atomic mass is 14.5. The molecule has 0 spiro atoms. The molecule has 2 unspecified atom stereocenters. The molecule has 0 heteroatoms. The Morgan fingerprint density at radius 1 is 0.917 bits per heavy atom. The second kappa shape index (κ2) is 3.24. The van der Waals surface area contributed by atoms with Gasteiger partial charge in [-0.15, -0.1) is 0 Å². The predicted octanol–water partition coefficient (Wildman–Crippen LogP) is 3.92. The number of fused-ring (bicyclic) bond motifs is 1. The van der Waals surface area contributed by atoms with Crippen LogP contribution in [0, 0.1) is 11.8 Å². The van der Waals surface area contributed by atoms with E-state index in [0.717, 1.165) is 11.8 Å². The second-order valence-electron chi connectivity index (χ2n) is 4.66. The van der Waals surface area contributed by atoms with Gasteiger partial charge in [-0.25, -0.2) is 0 Å². The molecule has 0 amide bonds. The van der Waals surface area contributed by atoms with Crippen LogP contribution < -0.4 is 0 Å². The maximum Gasteiger partial charge on any atom is -0.0132 e. The summed E-state index contributed by atoms with van der Waals surface area (Å²) in [5.74, 6) is 2.05. The minimum atomic E-state index is 1.02. The Bertz CT molecular complexity index is 180. The van der Waals surface area contributed by atoms with E-state index in [4.69, 9.17) is 0 Å². The van der Waals surface area contributed by atoms with Crippen LogP contribution >= 0.6 is 0 Å². The van der Waals surface area contributed by atoms with Gasteiger partial charge in [-0.05, 0) is 38.5 Å². The largest absolute Gasteiger partial charge is 0.0766 e. The Kier molecular flexibility index (Phi) is 2.25. The quantitative estimate of drug-likeness (QED) is 0.476. The van der Waals surface area contributed by atoms with Gasteiger partial charge in [0.15, 0.2) is 0 Å². The topological polar surface area (TPSA) is 0 Å². The van der Waals surface area contributed by atoms with Gasteiger partial charge < -0.3 is 0 Å². The van der Waals surface area contributed by atoms with Crippen LogP contribution in [0.4, 0.5) is 0 Å². The average Bonchev–Trinajstić information content (AvgIpc) is 2.60.